The first-order chi connectivity index (χ1) is 3.66. The van der Waals surface area contributed by atoms with Gasteiger partial charge < -0.3 is 4.84 Å². The summed E-state index contributed by atoms with van der Waals surface area (Å²) in [6.45, 7) is 1.27. The van der Waals surface area contributed by atoms with Crippen LogP contribution in [-0.4, -0.2) is 24.0 Å². The van der Waals surface area contributed by atoms with E-state index in [1.54, 1.807) is 0 Å². The van der Waals surface area contributed by atoms with Crippen LogP contribution < -0.4 is 0 Å². The molecule has 0 unspecified atom stereocenters. The smallest absolute Gasteiger partial charge is 0.275 e. The number of carbonyl (C=O) groups excluding carboxylic acids is 1. The summed E-state index contributed by atoms with van der Waals surface area (Å²) in [6, 6.07) is 0. The molecule has 4 nitrogen and oxygen atoms in total. The minimum absolute atomic E-state index is 0.0995. The van der Waals surface area contributed by atoms with E-state index in [1.807, 2.05) is 0 Å². The van der Waals surface area contributed by atoms with Crippen molar-refractivity contribution in [3.63, 3.8) is 0 Å². The molecular formula is C4H7NO3. The van der Waals surface area contributed by atoms with Crippen LogP contribution in [0.4, 0.5) is 0 Å². The number of Topliss-reactive ketones (excluding diaryl/α,β-unsaturated/α-hetero) is 1. The lowest BCUT2D eigenvalue weighted by Crippen LogP contribution is -2.07. The lowest BCUT2D eigenvalue weighted by molar-refractivity contribution is -0.729. The number of rotatable bonds is 2. The molecule has 0 aliphatic rings. The Bertz CT molecular complexity index is 118. The van der Waals surface area contributed by atoms with Crippen molar-refractivity contribution in [3.8, 4) is 0 Å². The summed E-state index contributed by atoms with van der Waals surface area (Å²) in [5.41, 5.74) is 0. The van der Waals surface area contributed by atoms with Gasteiger partial charge in [0.05, 0.1) is 0 Å². The number of ketones is 1. The third-order valence-corrected chi connectivity index (χ3v) is 0.467. The second-order valence-corrected chi connectivity index (χ2v) is 1.21. The van der Waals surface area contributed by atoms with Crippen LogP contribution in [0.5, 0.6) is 0 Å². The van der Waals surface area contributed by atoms with Gasteiger partial charge >= 0.3 is 0 Å². The quantitative estimate of drug-likeness (QED) is 0.284. The summed E-state index contributed by atoms with van der Waals surface area (Å²) in [5, 5.41) is 10.0. The molecule has 0 aliphatic carbocycles. The molecule has 0 amide bonds. The van der Waals surface area contributed by atoms with Gasteiger partial charge in [-0.2, -0.15) is 0 Å². The molecule has 0 fully saturated rings. The van der Waals surface area contributed by atoms with Crippen molar-refractivity contribution in [1.29, 1.82) is 0 Å². The Kier molecular flexibility index (Phi) is 2.61. The third kappa shape index (κ3) is 3.14. The van der Waals surface area contributed by atoms with Crippen molar-refractivity contribution in [2.75, 3.05) is 7.11 Å². The molecule has 46 valence electrons. The topological polar surface area (TPSA) is 52.4 Å². The fourth-order valence-electron chi connectivity index (χ4n) is 0.201. The van der Waals surface area contributed by atoms with E-state index in [1.165, 1.54) is 14.0 Å². The van der Waals surface area contributed by atoms with E-state index in [2.05, 4.69) is 4.84 Å². The molecule has 0 rings (SSSR count). The van der Waals surface area contributed by atoms with E-state index >= 15 is 0 Å². The summed E-state index contributed by atoms with van der Waals surface area (Å²) in [5.74, 6) is -0.332. The second-order valence-electron chi connectivity index (χ2n) is 1.21. The van der Waals surface area contributed by atoms with Crippen molar-refractivity contribution < 1.29 is 14.5 Å². The van der Waals surface area contributed by atoms with E-state index in [0.29, 0.717) is 0 Å². The molecule has 0 aliphatic heterocycles. The van der Waals surface area contributed by atoms with Crippen molar-refractivity contribution in [2.45, 2.75) is 6.92 Å². The lowest BCUT2D eigenvalue weighted by atomic mass is 10.5. The maximum absolute atomic E-state index is 10.0. The van der Waals surface area contributed by atoms with Crippen LogP contribution in [0.25, 0.3) is 0 Å². The lowest BCUT2D eigenvalue weighted by Gasteiger charge is -1.91. The van der Waals surface area contributed by atoms with Crippen molar-refractivity contribution in [1.82, 2.24) is 0 Å². The molecule has 0 aromatic rings. The zero-order chi connectivity index (χ0) is 6.57. The Morgan fingerprint density at radius 3 is 2.50 bits per heavy atom. The highest BCUT2D eigenvalue weighted by atomic mass is 16.8. The molecular weight excluding hydrogens is 110 g/mol. The highest BCUT2D eigenvalue weighted by molar-refractivity contribution is 6.24. The number of nitrogens with zero attached hydrogens (tertiary/aromatic N) is 1. The zero-order valence-corrected chi connectivity index (χ0v) is 4.75. The Morgan fingerprint density at radius 2 is 2.38 bits per heavy atom. The highest BCUT2D eigenvalue weighted by Gasteiger charge is 1.92. The van der Waals surface area contributed by atoms with Crippen LogP contribution >= 0.6 is 0 Å². The van der Waals surface area contributed by atoms with Gasteiger partial charge in [-0.15, -0.1) is 0 Å². The van der Waals surface area contributed by atoms with E-state index in [0.717, 1.165) is 6.21 Å². The maximum Gasteiger partial charge on any atom is 0.275 e. The van der Waals surface area contributed by atoms with Crippen LogP contribution in [0, 0.1) is 5.21 Å². The summed E-state index contributed by atoms with van der Waals surface area (Å²) < 4.78 is 0. The Morgan fingerprint density at radius 1 is 1.88 bits per heavy atom. The largest absolute Gasteiger partial charge is 0.406 e. The normalized spacial score (nSPS) is 11.0. The van der Waals surface area contributed by atoms with Gasteiger partial charge in [0.15, 0.2) is 0 Å². The van der Waals surface area contributed by atoms with Gasteiger partial charge in [-0.3, -0.25) is 10.0 Å². The summed E-state index contributed by atoms with van der Waals surface area (Å²) in [4.78, 5) is 14.2. The molecule has 0 spiro atoms. The van der Waals surface area contributed by atoms with Crippen LogP contribution in [0.2, 0.25) is 0 Å². The molecule has 0 N–H and O–H groups in total. The molecule has 0 saturated heterocycles. The second kappa shape index (κ2) is 3.01. The van der Waals surface area contributed by atoms with E-state index < -0.39 is 0 Å². The molecule has 0 bridgehead atoms. The molecule has 0 saturated carbocycles. The third-order valence-electron chi connectivity index (χ3n) is 0.467. The van der Waals surface area contributed by atoms with Crippen molar-refractivity contribution in [2.24, 2.45) is 0 Å². The first kappa shape index (κ1) is 6.94. The predicted octanol–water partition coefficient (Wildman–Crippen LogP) is -0.282. The molecule has 0 aromatic carbocycles. The minimum atomic E-state index is -0.332. The highest BCUT2D eigenvalue weighted by Crippen LogP contribution is 1.66. The first-order valence-corrected chi connectivity index (χ1v) is 2.02. The fourth-order valence-corrected chi connectivity index (χ4v) is 0.201. The molecule has 4 heteroatoms. The summed E-state index contributed by atoms with van der Waals surface area (Å²) in [6.07, 6.45) is 0.806. The van der Waals surface area contributed by atoms with Gasteiger partial charge in [0.1, 0.15) is 0 Å². The van der Waals surface area contributed by atoms with Crippen molar-refractivity contribution in [3.05, 3.63) is 5.21 Å². The molecule has 0 radical (unpaired) electrons. The molecule has 0 heterocycles. The van der Waals surface area contributed by atoms with Crippen LogP contribution in [-0.2, 0) is 9.63 Å². The SMILES string of the molecule is CO/[N+]([O-])=C/C(C)=O. The van der Waals surface area contributed by atoms with Crippen LogP contribution in [0.15, 0.2) is 0 Å². The van der Waals surface area contributed by atoms with Gasteiger partial charge in [-0.05, 0) is 0 Å². The number of hydrogen-bond donors (Lipinski definition) is 0. The fraction of sp³-hybridized carbons (Fsp3) is 0.500. The summed E-state index contributed by atoms with van der Waals surface area (Å²) >= 11 is 0. The predicted molar refractivity (Wildman–Crippen MR) is 27.4 cm³/mol. The van der Waals surface area contributed by atoms with Crippen molar-refractivity contribution >= 4 is 12.0 Å². The maximum atomic E-state index is 10.0. The summed E-state index contributed by atoms with van der Waals surface area (Å²) in [7, 11) is 1.19. The Labute approximate surface area is 46.9 Å². The van der Waals surface area contributed by atoms with Gasteiger partial charge in [-0.25, -0.2) is 0 Å². The van der Waals surface area contributed by atoms with Gasteiger partial charge in [-0.1, -0.05) is 0 Å². The number of carbonyl (C=O) groups is 1. The van der Waals surface area contributed by atoms with Crippen LogP contribution in [0.1, 0.15) is 6.92 Å². The Hall–Kier alpha value is -1.06. The van der Waals surface area contributed by atoms with Gasteiger partial charge in [0, 0.05) is 18.9 Å². The average molecular weight is 117 g/mol. The van der Waals surface area contributed by atoms with E-state index in [-0.39, 0.29) is 10.7 Å². The molecule has 8 heavy (non-hydrogen) atoms. The Balaban J connectivity index is 3.75. The minimum Gasteiger partial charge on any atom is -0.406 e. The monoisotopic (exact) mass is 117 g/mol. The van der Waals surface area contributed by atoms with Gasteiger partial charge in [0.2, 0.25) is 5.78 Å². The standard InChI is InChI=1S/C4H7NO3/c1-4(6)3-5(7)8-2/h3H,1-2H3/b5-3+. The van der Waals surface area contributed by atoms with E-state index in [4.69, 9.17) is 0 Å². The zero-order valence-electron chi connectivity index (χ0n) is 4.75. The van der Waals surface area contributed by atoms with Crippen LogP contribution in [0.3, 0.4) is 0 Å². The molecule has 0 aromatic heterocycles. The number of hydrogen-bond acceptors (Lipinski definition) is 3. The first-order valence-electron chi connectivity index (χ1n) is 2.02. The van der Waals surface area contributed by atoms with E-state index in [9.17, 15) is 10.0 Å². The molecule has 0 atom stereocenters. The van der Waals surface area contributed by atoms with Gasteiger partial charge in [0.25, 0.3) is 6.21 Å². The average Bonchev–Trinajstić information content (AvgIpc) is 1.65.